The Morgan fingerprint density at radius 1 is 1.05 bits per heavy atom. The van der Waals surface area contributed by atoms with E-state index < -0.39 is 0 Å². The van der Waals surface area contributed by atoms with E-state index in [1.807, 2.05) is 6.07 Å². The topological polar surface area (TPSA) is 37.8 Å². The van der Waals surface area contributed by atoms with Crippen molar-refractivity contribution in [1.29, 1.82) is 0 Å². The summed E-state index contributed by atoms with van der Waals surface area (Å²) in [4.78, 5) is 9.31. The maximum atomic E-state index is 4.71. The molecule has 106 valence electrons. The molecule has 0 aliphatic heterocycles. The number of hydrogen-bond acceptors (Lipinski definition) is 3. The summed E-state index contributed by atoms with van der Waals surface area (Å²) >= 11 is 3.49. The van der Waals surface area contributed by atoms with Gasteiger partial charge in [-0.1, -0.05) is 44.2 Å². The van der Waals surface area contributed by atoms with Crippen LogP contribution in [0.1, 0.15) is 43.8 Å². The van der Waals surface area contributed by atoms with Gasteiger partial charge in [0.2, 0.25) is 0 Å². The molecule has 4 heteroatoms. The van der Waals surface area contributed by atoms with Crippen LogP contribution in [0.3, 0.4) is 0 Å². The number of halogens is 1. The maximum Gasteiger partial charge on any atom is 0.148 e. The number of rotatable bonds is 5. The third kappa shape index (κ3) is 3.37. The molecule has 0 fully saturated rings. The zero-order valence-electron chi connectivity index (χ0n) is 12.2. The van der Waals surface area contributed by atoms with E-state index in [1.54, 1.807) is 0 Å². The Morgan fingerprint density at radius 2 is 1.70 bits per heavy atom. The van der Waals surface area contributed by atoms with Crippen LogP contribution in [0, 0.1) is 0 Å². The summed E-state index contributed by atoms with van der Waals surface area (Å²) in [5, 5.41) is 3.49. The molecule has 2 rings (SSSR count). The van der Waals surface area contributed by atoms with E-state index in [1.165, 1.54) is 5.56 Å². The zero-order valence-corrected chi connectivity index (χ0v) is 13.7. The van der Waals surface area contributed by atoms with Gasteiger partial charge in [-0.15, -0.1) is 0 Å². The molecular weight excluding hydrogens is 314 g/mol. The lowest BCUT2D eigenvalue weighted by Crippen LogP contribution is -2.12. The Hall–Kier alpha value is -1.42. The number of hydrogen-bond donors (Lipinski definition) is 1. The normalized spacial score (nSPS) is 12.2. The Kier molecular flexibility index (Phi) is 5.12. The van der Waals surface area contributed by atoms with Crippen LogP contribution in [0.2, 0.25) is 0 Å². The van der Waals surface area contributed by atoms with Gasteiger partial charge in [-0.3, -0.25) is 0 Å². The van der Waals surface area contributed by atoms with Crippen LogP contribution in [-0.4, -0.2) is 9.97 Å². The SMILES string of the molecule is CCc1nc(N[C@@H](C)c2ccccc2)c(CC)nc1Br. The van der Waals surface area contributed by atoms with Gasteiger partial charge in [0, 0.05) is 0 Å². The summed E-state index contributed by atoms with van der Waals surface area (Å²) in [6.07, 6.45) is 1.73. The molecule has 0 saturated heterocycles. The molecule has 0 saturated carbocycles. The second-order valence-electron chi connectivity index (χ2n) is 4.74. The molecule has 0 unspecified atom stereocenters. The van der Waals surface area contributed by atoms with Gasteiger partial charge in [0.25, 0.3) is 0 Å². The van der Waals surface area contributed by atoms with Gasteiger partial charge in [-0.2, -0.15) is 0 Å². The number of aromatic nitrogens is 2. The first-order valence-electron chi connectivity index (χ1n) is 7.02. The first-order valence-corrected chi connectivity index (χ1v) is 7.81. The molecule has 1 aromatic carbocycles. The van der Waals surface area contributed by atoms with Crippen molar-refractivity contribution in [2.45, 2.75) is 39.7 Å². The Bertz CT molecular complexity index is 569. The predicted octanol–water partition coefficient (Wildman–Crippen LogP) is 4.54. The van der Waals surface area contributed by atoms with E-state index in [2.05, 4.69) is 71.3 Å². The van der Waals surface area contributed by atoms with Gasteiger partial charge in [-0.25, -0.2) is 9.97 Å². The fourth-order valence-corrected chi connectivity index (χ4v) is 2.68. The second-order valence-corrected chi connectivity index (χ2v) is 5.49. The molecule has 0 aliphatic carbocycles. The molecule has 1 N–H and O–H groups in total. The first kappa shape index (κ1) is 15.0. The quantitative estimate of drug-likeness (QED) is 0.872. The molecular formula is C16H20BrN3. The van der Waals surface area contributed by atoms with Crippen LogP contribution in [0.5, 0.6) is 0 Å². The van der Waals surface area contributed by atoms with Crippen molar-refractivity contribution in [1.82, 2.24) is 9.97 Å². The summed E-state index contributed by atoms with van der Waals surface area (Å²) in [5.74, 6) is 0.893. The lowest BCUT2D eigenvalue weighted by Gasteiger charge is -2.18. The van der Waals surface area contributed by atoms with Crippen molar-refractivity contribution < 1.29 is 0 Å². The molecule has 2 aromatic rings. The zero-order chi connectivity index (χ0) is 14.5. The van der Waals surface area contributed by atoms with Crippen LogP contribution < -0.4 is 5.32 Å². The summed E-state index contributed by atoms with van der Waals surface area (Å²) in [6.45, 7) is 6.33. The Labute approximate surface area is 129 Å². The summed E-state index contributed by atoms with van der Waals surface area (Å²) in [7, 11) is 0. The molecule has 0 aliphatic rings. The van der Waals surface area contributed by atoms with Gasteiger partial charge in [0.1, 0.15) is 10.4 Å². The Morgan fingerprint density at radius 3 is 2.30 bits per heavy atom. The van der Waals surface area contributed by atoms with Gasteiger partial charge in [0.15, 0.2) is 0 Å². The number of anilines is 1. The van der Waals surface area contributed by atoms with Gasteiger partial charge in [0.05, 0.1) is 17.4 Å². The fraction of sp³-hybridized carbons (Fsp3) is 0.375. The average molecular weight is 334 g/mol. The molecule has 0 spiro atoms. The third-order valence-electron chi connectivity index (χ3n) is 3.31. The van der Waals surface area contributed by atoms with Crippen molar-refractivity contribution in [3.63, 3.8) is 0 Å². The van der Waals surface area contributed by atoms with Crippen molar-refractivity contribution >= 4 is 21.7 Å². The lowest BCUT2D eigenvalue weighted by molar-refractivity contribution is 0.840. The average Bonchev–Trinajstić information content (AvgIpc) is 2.49. The smallest absolute Gasteiger partial charge is 0.148 e. The number of nitrogens with one attached hydrogen (secondary N) is 1. The van der Waals surface area contributed by atoms with Crippen LogP contribution >= 0.6 is 15.9 Å². The molecule has 20 heavy (non-hydrogen) atoms. The molecule has 3 nitrogen and oxygen atoms in total. The minimum atomic E-state index is 0.210. The molecule has 0 bridgehead atoms. The van der Waals surface area contributed by atoms with E-state index in [0.29, 0.717) is 0 Å². The highest BCUT2D eigenvalue weighted by Gasteiger charge is 2.13. The highest BCUT2D eigenvalue weighted by Crippen LogP contribution is 2.23. The largest absolute Gasteiger partial charge is 0.362 e. The number of aryl methyl sites for hydroxylation is 2. The second kappa shape index (κ2) is 6.84. The van der Waals surface area contributed by atoms with Crippen LogP contribution in [-0.2, 0) is 12.8 Å². The van der Waals surface area contributed by atoms with E-state index in [4.69, 9.17) is 4.98 Å². The maximum absolute atomic E-state index is 4.71. The minimum Gasteiger partial charge on any atom is -0.362 e. The van der Waals surface area contributed by atoms with E-state index in [9.17, 15) is 0 Å². The number of nitrogens with zero attached hydrogens (tertiary/aromatic N) is 2. The minimum absolute atomic E-state index is 0.210. The van der Waals surface area contributed by atoms with Gasteiger partial charge < -0.3 is 5.32 Å². The van der Waals surface area contributed by atoms with E-state index in [0.717, 1.165) is 34.7 Å². The fourth-order valence-electron chi connectivity index (χ4n) is 2.10. The van der Waals surface area contributed by atoms with Crippen molar-refractivity contribution in [3.8, 4) is 0 Å². The van der Waals surface area contributed by atoms with Crippen LogP contribution in [0.15, 0.2) is 34.9 Å². The molecule has 0 radical (unpaired) electrons. The van der Waals surface area contributed by atoms with Crippen molar-refractivity contribution in [3.05, 3.63) is 51.9 Å². The molecule has 1 atom stereocenters. The van der Waals surface area contributed by atoms with E-state index >= 15 is 0 Å². The standard InChI is InChI=1S/C16H20BrN3/c1-4-13-15(17)19-14(5-2)16(20-13)18-11(3)12-9-7-6-8-10-12/h6-11H,4-5H2,1-3H3,(H,18,20)/t11-/m0/s1. The van der Waals surface area contributed by atoms with Crippen LogP contribution in [0.25, 0.3) is 0 Å². The van der Waals surface area contributed by atoms with E-state index in [-0.39, 0.29) is 6.04 Å². The van der Waals surface area contributed by atoms with Crippen LogP contribution in [0.4, 0.5) is 5.82 Å². The lowest BCUT2D eigenvalue weighted by atomic mass is 10.1. The number of benzene rings is 1. The first-order chi connectivity index (χ1) is 9.65. The summed E-state index contributed by atoms with van der Waals surface area (Å²) in [6, 6.07) is 10.6. The predicted molar refractivity (Wildman–Crippen MR) is 87.0 cm³/mol. The van der Waals surface area contributed by atoms with Gasteiger partial charge in [-0.05, 0) is 41.3 Å². The highest BCUT2D eigenvalue weighted by molar-refractivity contribution is 9.10. The van der Waals surface area contributed by atoms with Crippen molar-refractivity contribution in [2.75, 3.05) is 5.32 Å². The molecule has 1 aromatic heterocycles. The monoisotopic (exact) mass is 333 g/mol. The molecule has 1 heterocycles. The highest BCUT2D eigenvalue weighted by atomic mass is 79.9. The third-order valence-corrected chi connectivity index (χ3v) is 3.95. The molecule has 0 amide bonds. The van der Waals surface area contributed by atoms with Crippen molar-refractivity contribution in [2.24, 2.45) is 0 Å². The summed E-state index contributed by atoms with van der Waals surface area (Å²) in [5.41, 5.74) is 3.24. The summed E-state index contributed by atoms with van der Waals surface area (Å²) < 4.78 is 0.856. The Balaban J connectivity index is 2.28. The van der Waals surface area contributed by atoms with Gasteiger partial charge >= 0.3 is 0 Å².